The monoisotopic (exact) mass is 286 g/mol. The third-order valence-electron chi connectivity index (χ3n) is 2.17. The first-order valence-corrected chi connectivity index (χ1v) is 5.82. The Labute approximate surface area is 121 Å². The first-order valence-electron chi connectivity index (χ1n) is 4.64. The van der Waals surface area contributed by atoms with Gasteiger partial charge in [0.25, 0.3) is 0 Å². The Balaban J connectivity index is 0.00000128. The Morgan fingerprint density at radius 1 is 1.25 bits per heavy atom. The van der Waals surface area contributed by atoms with Crippen molar-refractivity contribution in [3.63, 3.8) is 0 Å². The van der Waals surface area contributed by atoms with Gasteiger partial charge in [0.15, 0.2) is 0 Å². The summed E-state index contributed by atoms with van der Waals surface area (Å²) in [6, 6.07) is 16.9. The van der Waals surface area contributed by atoms with E-state index in [0.29, 0.717) is 0 Å². The molecule has 16 heavy (non-hydrogen) atoms. The van der Waals surface area contributed by atoms with Gasteiger partial charge in [-0.15, -0.1) is 0 Å². The van der Waals surface area contributed by atoms with Crippen molar-refractivity contribution in [3.8, 4) is 0 Å². The van der Waals surface area contributed by atoms with Gasteiger partial charge < -0.3 is 0 Å². The zero-order valence-corrected chi connectivity index (χ0v) is 11.3. The minimum absolute atomic E-state index is 0. The summed E-state index contributed by atoms with van der Waals surface area (Å²) in [5.74, 6) is 0. The number of rotatable bonds is 2. The van der Waals surface area contributed by atoms with E-state index in [1.165, 1.54) is 5.56 Å². The SMILES string of the molecule is Clc1ccc(Br)cc1Cc1c[c-]ccc1.[Li+]. The largest absolute Gasteiger partial charge is 1.00 e. The van der Waals surface area contributed by atoms with Crippen LogP contribution < -0.4 is 18.9 Å². The summed E-state index contributed by atoms with van der Waals surface area (Å²) in [4.78, 5) is 0. The van der Waals surface area contributed by atoms with Gasteiger partial charge in [-0.05, 0) is 30.2 Å². The van der Waals surface area contributed by atoms with E-state index < -0.39 is 0 Å². The maximum atomic E-state index is 6.12. The van der Waals surface area contributed by atoms with Gasteiger partial charge in [0.1, 0.15) is 0 Å². The fraction of sp³-hybridized carbons (Fsp3) is 0.0769. The molecular weight excluding hydrogens is 278 g/mol. The summed E-state index contributed by atoms with van der Waals surface area (Å²) < 4.78 is 1.06. The summed E-state index contributed by atoms with van der Waals surface area (Å²) in [7, 11) is 0. The van der Waals surface area contributed by atoms with Gasteiger partial charge in [-0.1, -0.05) is 27.5 Å². The quantitative estimate of drug-likeness (QED) is 0.580. The van der Waals surface area contributed by atoms with E-state index in [1.54, 1.807) is 0 Å². The van der Waals surface area contributed by atoms with Crippen molar-refractivity contribution >= 4 is 27.5 Å². The molecule has 2 aromatic rings. The van der Waals surface area contributed by atoms with Crippen LogP contribution in [0.15, 0.2) is 46.9 Å². The predicted molar refractivity (Wildman–Crippen MR) is 67.2 cm³/mol. The summed E-state index contributed by atoms with van der Waals surface area (Å²) in [5, 5.41) is 0.807. The molecule has 0 aromatic heterocycles. The Hall–Kier alpha value is -0.193. The number of halogens is 2. The van der Waals surface area contributed by atoms with Gasteiger partial charge in [0, 0.05) is 9.50 Å². The van der Waals surface area contributed by atoms with Crippen LogP contribution in [-0.4, -0.2) is 0 Å². The number of hydrogen-bond acceptors (Lipinski definition) is 0. The molecule has 0 saturated carbocycles. The maximum absolute atomic E-state index is 6.12. The topological polar surface area (TPSA) is 0 Å². The molecule has 0 atom stereocenters. The van der Waals surface area contributed by atoms with Crippen molar-refractivity contribution in [2.45, 2.75) is 6.42 Å². The molecule has 2 rings (SSSR count). The average molecular weight is 288 g/mol. The molecule has 0 heterocycles. The molecular formula is C13H9BrClLi. The van der Waals surface area contributed by atoms with Crippen molar-refractivity contribution < 1.29 is 18.9 Å². The van der Waals surface area contributed by atoms with Gasteiger partial charge in [-0.2, -0.15) is 35.9 Å². The molecule has 0 amide bonds. The molecule has 0 nitrogen and oxygen atoms in total. The van der Waals surface area contributed by atoms with Crippen LogP contribution in [0.2, 0.25) is 5.02 Å². The second kappa shape index (κ2) is 6.52. The van der Waals surface area contributed by atoms with Gasteiger partial charge in [-0.3, -0.25) is 0 Å². The minimum atomic E-state index is 0. The predicted octanol–water partition coefficient (Wildman–Crippen LogP) is 1.50. The van der Waals surface area contributed by atoms with E-state index in [1.807, 2.05) is 30.3 Å². The summed E-state index contributed by atoms with van der Waals surface area (Å²) in [6.07, 6.45) is 0.843. The minimum Gasteiger partial charge on any atom is -0.184 e. The summed E-state index contributed by atoms with van der Waals surface area (Å²) in [5.41, 5.74) is 2.35. The molecule has 0 saturated heterocycles. The molecule has 0 aliphatic rings. The first-order chi connectivity index (χ1) is 7.25. The van der Waals surface area contributed by atoms with Crippen LogP contribution in [0, 0.1) is 6.07 Å². The average Bonchev–Trinajstić information content (AvgIpc) is 2.25. The van der Waals surface area contributed by atoms with Crippen LogP contribution in [-0.2, 0) is 6.42 Å². The van der Waals surface area contributed by atoms with Crippen LogP contribution in [0.1, 0.15) is 11.1 Å². The van der Waals surface area contributed by atoms with Crippen molar-refractivity contribution in [1.82, 2.24) is 0 Å². The summed E-state index contributed by atoms with van der Waals surface area (Å²) >= 11 is 9.56. The van der Waals surface area contributed by atoms with Crippen LogP contribution in [0.4, 0.5) is 0 Å². The molecule has 0 radical (unpaired) electrons. The van der Waals surface area contributed by atoms with E-state index >= 15 is 0 Å². The molecule has 3 heteroatoms. The molecule has 0 N–H and O–H groups in total. The third-order valence-corrected chi connectivity index (χ3v) is 3.04. The standard InChI is InChI=1S/C13H9BrCl.Li/c14-12-6-7-13(15)11(9-12)8-10-4-2-1-3-5-10;/h1-2,4-7,9H,8H2;/q-1;+1. The van der Waals surface area contributed by atoms with Crippen molar-refractivity contribution in [1.29, 1.82) is 0 Å². The summed E-state index contributed by atoms with van der Waals surface area (Å²) in [6.45, 7) is 0. The molecule has 2 aromatic carbocycles. The molecule has 0 bridgehead atoms. The molecule has 0 aliphatic carbocycles. The van der Waals surface area contributed by atoms with Gasteiger partial charge in [-0.25, -0.2) is 0 Å². The van der Waals surface area contributed by atoms with E-state index in [0.717, 1.165) is 21.5 Å². The first kappa shape index (κ1) is 13.9. The normalized spacial score (nSPS) is 9.62. The molecule has 76 valence electrons. The van der Waals surface area contributed by atoms with Crippen molar-refractivity contribution in [2.75, 3.05) is 0 Å². The molecule has 0 fully saturated rings. The molecule has 0 unspecified atom stereocenters. The van der Waals surface area contributed by atoms with Crippen molar-refractivity contribution in [2.24, 2.45) is 0 Å². The Morgan fingerprint density at radius 2 is 2.06 bits per heavy atom. The van der Waals surface area contributed by atoms with Crippen LogP contribution >= 0.6 is 27.5 Å². The Morgan fingerprint density at radius 3 is 2.75 bits per heavy atom. The maximum Gasteiger partial charge on any atom is 1.00 e. The number of benzene rings is 2. The Bertz CT molecular complexity index is 457. The van der Waals surface area contributed by atoms with Crippen LogP contribution in [0.5, 0.6) is 0 Å². The number of hydrogen-bond donors (Lipinski definition) is 0. The van der Waals surface area contributed by atoms with Gasteiger partial charge in [0.05, 0.1) is 0 Å². The van der Waals surface area contributed by atoms with Gasteiger partial charge in [0.2, 0.25) is 0 Å². The molecule has 0 aliphatic heterocycles. The van der Waals surface area contributed by atoms with Crippen LogP contribution in [0.25, 0.3) is 0 Å². The van der Waals surface area contributed by atoms with Gasteiger partial charge >= 0.3 is 18.9 Å². The van der Waals surface area contributed by atoms with E-state index in [4.69, 9.17) is 11.6 Å². The van der Waals surface area contributed by atoms with Crippen molar-refractivity contribution in [3.05, 3.63) is 69.2 Å². The third kappa shape index (κ3) is 3.68. The zero-order valence-electron chi connectivity index (χ0n) is 9.00. The van der Waals surface area contributed by atoms with E-state index in [9.17, 15) is 0 Å². The fourth-order valence-electron chi connectivity index (χ4n) is 1.44. The van der Waals surface area contributed by atoms with Crippen LogP contribution in [0.3, 0.4) is 0 Å². The second-order valence-electron chi connectivity index (χ2n) is 3.32. The van der Waals surface area contributed by atoms with E-state index in [2.05, 4.69) is 34.1 Å². The second-order valence-corrected chi connectivity index (χ2v) is 4.65. The molecule has 0 spiro atoms. The fourth-order valence-corrected chi connectivity index (χ4v) is 2.03. The smallest absolute Gasteiger partial charge is 0.184 e. The van der Waals surface area contributed by atoms with E-state index in [-0.39, 0.29) is 18.9 Å². The Kier molecular flexibility index (Phi) is 5.65. The zero-order chi connectivity index (χ0) is 10.7.